The second-order valence-electron chi connectivity index (χ2n) is 4.81. The molecule has 0 saturated heterocycles. The molecule has 0 spiro atoms. The second-order valence-corrected chi connectivity index (χ2v) is 4.81. The van der Waals surface area contributed by atoms with Crippen molar-refractivity contribution in [2.24, 2.45) is 5.92 Å². The number of amides is 2. The minimum atomic E-state index is -0.422. The Bertz CT molecular complexity index is 375. The Kier molecular flexibility index (Phi) is 4.59. The van der Waals surface area contributed by atoms with Gasteiger partial charge in [0.2, 0.25) is 0 Å². The Hall–Kier alpha value is -1.55. The first kappa shape index (κ1) is 12.9. The second kappa shape index (κ2) is 6.40. The number of carbonyl (C=O) groups is 1. The average molecular weight is 248 g/mol. The minimum Gasteiger partial charge on any atom is -0.391 e. The quantitative estimate of drug-likeness (QED) is 0.766. The summed E-state index contributed by atoms with van der Waals surface area (Å²) in [5, 5.41) is 15.4. The van der Waals surface area contributed by atoms with Crippen LogP contribution in [0.2, 0.25) is 0 Å². The van der Waals surface area contributed by atoms with Crippen molar-refractivity contribution in [1.82, 2.24) is 5.32 Å². The Morgan fingerprint density at radius 1 is 1.28 bits per heavy atom. The molecule has 2 rings (SSSR count). The molecule has 0 aliphatic heterocycles. The molecule has 1 aromatic carbocycles. The van der Waals surface area contributed by atoms with Crippen LogP contribution in [0.15, 0.2) is 30.3 Å². The van der Waals surface area contributed by atoms with E-state index >= 15 is 0 Å². The molecule has 1 fully saturated rings. The number of aliphatic hydroxyl groups is 1. The molecule has 0 heterocycles. The van der Waals surface area contributed by atoms with Crippen molar-refractivity contribution in [3.8, 4) is 0 Å². The largest absolute Gasteiger partial charge is 0.391 e. The number of anilines is 1. The molecule has 0 radical (unpaired) electrons. The number of urea groups is 1. The molecule has 4 nitrogen and oxygen atoms in total. The number of aliphatic hydroxyl groups excluding tert-OH is 1. The lowest BCUT2D eigenvalue weighted by molar-refractivity contribution is 0.111. The molecule has 0 bridgehead atoms. The molecular weight excluding hydrogens is 228 g/mol. The normalized spacial score (nSPS) is 17.4. The fourth-order valence-electron chi connectivity index (χ4n) is 2.40. The smallest absolute Gasteiger partial charge is 0.319 e. The van der Waals surface area contributed by atoms with Crippen LogP contribution >= 0.6 is 0 Å². The van der Waals surface area contributed by atoms with Gasteiger partial charge in [-0.3, -0.25) is 0 Å². The summed E-state index contributed by atoms with van der Waals surface area (Å²) in [5.41, 5.74) is 0.755. The number of nitrogens with one attached hydrogen (secondary N) is 2. The zero-order chi connectivity index (χ0) is 12.8. The maximum atomic E-state index is 11.6. The summed E-state index contributed by atoms with van der Waals surface area (Å²) in [4.78, 5) is 11.6. The van der Waals surface area contributed by atoms with Crippen molar-refractivity contribution in [3.05, 3.63) is 30.3 Å². The highest BCUT2D eigenvalue weighted by Crippen LogP contribution is 2.27. The van der Waals surface area contributed by atoms with Crippen LogP contribution in [0.5, 0.6) is 0 Å². The zero-order valence-electron chi connectivity index (χ0n) is 10.4. The molecule has 18 heavy (non-hydrogen) atoms. The van der Waals surface area contributed by atoms with Crippen molar-refractivity contribution in [2.45, 2.75) is 31.8 Å². The van der Waals surface area contributed by atoms with Gasteiger partial charge in [-0.15, -0.1) is 0 Å². The highest BCUT2D eigenvalue weighted by atomic mass is 16.3. The lowest BCUT2D eigenvalue weighted by Gasteiger charge is -2.18. The Morgan fingerprint density at radius 2 is 1.94 bits per heavy atom. The molecule has 3 N–H and O–H groups in total. The van der Waals surface area contributed by atoms with Crippen molar-refractivity contribution >= 4 is 11.7 Å². The fourth-order valence-corrected chi connectivity index (χ4v) is 2.40. The number of benzene rings is 1. The third-order valence-corrected chi connectivity index (χ3v) is 3.45. The number of rotatable bonds is 4. The van der Waals surface area contributed by atoms with Crippen molar-refractivity contribution in [3.63, 3.8) is 0 Å². The van der Waals surface area contributed by atoms with Crippen LogP contribution in [-0.2, 0) is 0 Å². The van der Waals surface area contributed by atoms with E-state index in [-0.39, 0.29) is 6.03 Å². The number of hydrogen-bond acceptors (Lipinski definition) is 2. The molecule has 1 atom stereocenters. The summed E-state index contributed by atoms with van der Waals surface area (Å²) in [6.07, 6.45) is 4.11. The topological polar surface area (TPSA) is 61.4 Å². The maximum absolute atomic E-state index is 11.6. The van der Waals surface area contributed by atoms with Crippen LogP contribution in [0, 0.1) is 5.92 Å². The standard InChI is InChI=1S/C14H20N2O2/c17-13(11-6-4-5-7-11)10-15-14(18)16-12-8-2-1-3-9-12/h1-3,8-9,11,13,17H,4-7,10H2,(H2,15,16,18). The van der Waals surface area contributed by atoms with Gasteiger partial charge in [0.1, 0.15) is 0 Å². The first-order chi connectivity index (χ1) is 8.75. The van der Waals surface area contributed by atoms with E-state index in [4.69, 9.17) is 0 Å². The Balaban J connectivity index is 1.71. The van der Waals surface area contributed by atoms with E-state index in [0.717, 1.165) is 18.5 Å². The molecular formula is C14H20N2O2. The van der Waals surface area contributed by atoms with E-state index < -0.39 is 6.10 Å². The third kappa shape index (κ3) is 3.74. The molecule has 1 unspecified atom stereocenters. The first-order valence-corrected chi connectivity index (χ1v) is 6.53. The van der Waals surface area contributed by atoms with Crippen LogP contribution < -0.4 is 10.6 Å². The molecule has 1 aromatic rings. The van der Waals surface area contributed by atoms with Crippen molar-refractivity contribution in [2.75, 3.05) is 11.9 Å². The average Bonchev–Trinajstić information content (AvgIpc) is 2.91. The first-order valence-electron chi connectivity index (χ1n) is 6.53. The van der Waals surface area contributed by atoms with E-state index in [0.29, 0.717) is 12.5 Å². The van der Waals surface area contributed by atoms with E-state index in [1.54, 1.807) is 0 Å². The summed E-state index contributed by atoms with van der Waals surface area (Å²) in [5.74, 6) is 0.349. The van der Waals surface area contributed by atoms with E-state index in [1.165, 1.54) is 12.8 Å². The van der Waals surface area contributed by atoms with Crippen LogP contribution in [0.4, 0.5) is 10.5 Å². The van der Waals surface area contributed by atoms with Crippen molar-refractivity contribution < 1.29 is 9.90 Å². The van der Waals surface area contributed by atoms with Crippen molar-refractivity contribution in [1.29, 1.82) is 0 Å². The lowest BCUT2D eigenvalue weighted by Crippen LogP contribution is -2.37. The van der Waals surface area contributed by atoms with Gasteiger partial charge in [-0.25, -0.2) is 4.79 Å². The predicted molar refractivity (Wildman–Crippen MR) is 71.4 cm³/mol. The molecule has 4 heteroatoms. The highest BCUT2D eigenvalue weighted by Gasteiger charge is 2.23. The molecule has 0 aromatic heterocycles. The van der Waals surface area contributed by atoms with Crippen LogP contribution in [0.1, 0.15) is 25.7 Å². The van der Waals surface area contributed by atoms with Gasteiger partial charge in [0.15, 0.2) is 0 Å². The van der Waals surface area contributed by atoms with Gasteiger partial charge >= 0.3 is 6.03 Å². The highest BCUT2D eigenvalue weighted by molar-refractivity contribution is 5.89. The van der Waals surface area contributed by atoms with Gasteiger partial charge in [0, 0.05) is 12.2 Å². The molecule has 98 valence electrons. The predicted octanol–water partition coefficient (Wildman–Crippen LogP) is 2.36. The van der Waals surface area contributed by atoms with Gasteiger partial charge in [-0.2, -0.15) is 0 Å². The molecule has 1 aliphatic carbocycles. The summed E-state index contributed by atoms with van der Waals surface area (Å²) >= 11 is 0. The number of hydrogen-bond donors (Lipinski definition) is 3. The summed E-state index contributed by atoms with van der Waals surface area (Å²) < 4.78 is 0. The van der Waals surface area contributed by atoms with E-state index in [2.05, 4.69) is 10.6 Å². The van der Waals surface area contributed by atoms with E-state index in [9.17, 15) is 9.90 Å². The van der Waals surface area contributed by atoms with Crippen LogP contribution in [-0.4, -0.2) is 23.8 Å². The lowest BCUT2D eigenvalue weighted by atomic mass is 10.0. The maximum Gasteiger partial charge on any atom is 0.319 e. The fraction of sp³-hybridized carbons (Fsp3) is 0.500. The monoisotopic (exact) mass is 248 g/mol. The van der Waals surface area contributed by atoms with Gasteiger partial charge < -0.3 is 15.7 Å². The summed E-state index contributed by atoms with van der Waals surface area (Å²) in [7, 11) is 0. The van der Waals surface area contributed by atoms with Gasteiger partial charge in [-0.1, -0.05) is 31.0 Å². The minimum absolute atomic E-state index is 0.266. The zero-order valence-corrected chi connectivity index (χ0v) is 10.4. The Morgan fingerprint density at radius 3 is 2.61 bits per heavy atom. The van der Waals surface area contributed by atoms with Gasteiger partial charge in [-0.05, 0) is 30.9 Å². The summed E-state index contributed by atoms with van der Waals surface area (Å²) in [6.45, 7) is 0.323. The van der Waals surface area contributed by atoms with E-state index in [1.807, 2.05) is 30.3 Å². The molecule has 1 aliphatic rings. The number of para-hydroxylation sites is 1. The third-order valence-electron chi connectivity index (χ3n) is 3.45. The SMILES string of the molecule is O=C(NCC(O)C1CCCC1)Nc1ccccc1. The number of carbonyl (C=O) groups excluding carboxylic acids is 1. The van der Waals surface area contributed by atoms with Gasteiger partial charge in [0.05, 0.1) is 6.10 Å². The van der Waals surface area contributed by atoms with Crippen LogP contribution in [0.3, 0.4) is 0 Å². The Labute approximate surface area is 107 Å². The summed E-state index contributed by atoms with van der Waals surface area (Å²) in [6, 6.07) is 9.01. The van der Waals surface area contributed by atoms with Gasteiger partial charge in [0.25, 0.3) is 0 Å². The molecule has 2 amide bonds. The molecule has 1 saturated carbocycles. The van der Waals surface area contributed by atoms with Crippen LogP contribution in [0.25, 0.3) is 0 Å².